The van der Waals surface area contributed by atoms with Crippen molar-refractivity contribution >= 4 is 46.5 Å². The molecule has 0 aliphatic carbocycles. The van der Waals surface area contributed by atoms with Gasteiger partial charge in [-0.2, -0.15) is 0 Å². The molecule has 25 heavy (non-hydrogen) atoms. The maximum Gasteiger partial charge on any atom is 0.293 e. The maximum absolute atomic E-state index is 12.4. The number of hydrogen-bond acceptors (Lipinski definition) is 5. The van der Waals surface area contributed by atoms with Gasteiger partial charge in [0, 0.05) is 18.1 Å². The number of nitrogens with one attached hydrogen (secondary N) is 1. The summed E-state index contributed by atoms with van der Waals surface area (Å²) < 4.78 is 4.97. The van der Waals surface area contributed by atoms with Crippen LogP contribution < -0.4 is 5.32 Å². The van der Waals surface area contributed by atoms with Crippen molar-refractivity contribution in [2.75, 3.05) is 13.1 Å². The monoisotopic (exact) mass is 376 g/mol. The van der Waals surface area contributed by atoms with Crippen molar-refractivity contribution in [2.24, 2.45) is 0 Å². The minimum Gasteiger partial charge on any atom is -0.459 e. The number of amides is 3. The van der Waals surface area contributed by atoms with Gasteiger partial charge in [0.25, 0.3) is 17.1 Å². The van der Waals surface area contributed by atoms with Crippen LogP contribution in [0.15, 0.2) is 52.0 Å². The lowest BCUT2D eigenvalue weighted by molar-refractivity contribution is -0.122. The van der Waals surface area contributed by atoms with Gasteiger partial charge in [-0.1, -0.05) is 23.7 Å². The van der Waals surface area contributed by atoms with E-state index in [1.807, 2.05) is 0 Å². The first-order valence-electron chi connectivity index (χ1n) is 7.37. The van der Waals surface area contributed by atoms with Crippen LogP contribution in [0.5, 0.6) is 0 Å². The number of carbonyl (C=O) groups is 3. The third kappa shape index (κ3) is 4.12. The Hall–Kier alpha value is -2.51. The highest BCUT2D eigenvalue weighted by atomic mass is 35.5. The Morgan fingerprint density at radius 3 is 2.68 bits per heavy atom. The molecule has 128 valence electrons. The lowest BCUT2D eigenvalue weighted by atomic mass is 10.2. The second-order valence-electron chi connectivity index (χ2n) is 5.12. The molecule has 6 nitrogen and oxygen atoms in total. The highest BCUT2D eigenvalue weighted by Gasteiger charge is 2.34. The summed E-state index contributed by atoms with van der Waals surface area (Å²) >= 11 is 6.70. The largest absolute Gasteiger partial charge is 0.459 e. The van der Waals surface area contributed by atoms with Crippen molar-refractivity contribution in [1.82, 2.24) is 10.2 Å². The number of thioether (sulfide) groups is 1. The van der Waals surface area contributed by atoms with Gasteiger partial charge in [0.1, 0.15) is 0 Å². The Morgan fingerprint density at radius 2 is 2.00 bits per heavy atom. The molecule has 0 atom stereocenters. The van der Waals surface area contributed by atoms with Crippen LogP contribution in [0.4, 0.5) is 4.79 Å². The molecule has 0 spiro atoms. The summed E-state index contributed by atoms with van der Waals surface area (Å²) in [5.41, 5.74) is 0.779. The van der Waals surface area contributed by atoms with Crippen molar-refractivity contribution < 1.29 is 18.8 Å². The van der Waals surface area contributed by atoms with Crippen LogP contribution in [0.3, 0.4) is 0 Å². The van der Waals surface area contributed by atoms with Crippen molar-refractivity contribution in [2.45, 2.75) is 0 Å². The molecule has 1 fully saturated rings. The van der Waals surface area contributed by atoms with Crippen molar-refractivity contribution in [3.8, 4) is 0 Å². The number of benzene rings is 1. The molecular formula is C17H13ClN2O4S. The molecule has 1 aliphatic rings. The standard InChI is InChI=1S/C17H13ClN2O4S/c18-12-5-3-11(4-6-12)10-14-16(22)20(17(23)25-14)8-7-19-15(21)13-2-1-9-24-13/h1-6,9-10H,7-8H2,(H,19,21)/b14-10-. The zero-order valence-electron chi connectivity index (χ0n) is 12.9. The molecule has 0 unspecified atom stereocenters. The first kappa shape index (κ1) is 17.3. The van der Waals surface area contributed by atoms with Crippen molar-refractivity contribution in [3.63, 3.8) is 0 Å². The SMILES string of the molecule is O=C(NCCN1C(=O)S/C(=C\c2ccc(Cl)cc2)C1=O)c1ccco1. The van der Waals surface area contributed by atoms with Gasteiger partial charge in [0.15, 0.2) is 5.76 Å². The molecule has 1 aromatic carbocycles. The van der Waals surface area contributed by atoms with Crippen LogP contribution in [0, 0.1) is 0 Å². The molecular weight excluding hydrogens is 364 g/mol. The summed E-state index contributed by atoms with van der Waals surface area (Å²) in [5, 5.41) is 2.83. The number of rotatable bonds is 5. The Labute approximate surface area is 152 Å². The number of halogens is 1. The predicted octanol–water partition coefficient (Wildman–Crippen LogP) is 3.40. The zero-order valence-corrected chi connectivity index (χ0v) is 14.5. The first-order valence-corrected chi connectivity index (χ1v) is 8.56. The minimum atomic E-state index is -0.395. The van der Waals surface area contributed by atoms with Gasteiger partial charge in [-0.3, -0.25) is 19.3 Å². The molecule has 0 radical (unpaired) electrons. The number of furan rings is 1. The fourth-order valence-corrected chi connectivity index (χ4v) is 3.17. The van der Waals surface area contributed by atoms with Crippen LogP contribution in [0.1, 0.15) is 16.1 Å². The molecule has 1 N–H and O–H groups in total. The number of carbonyl (C=O) groups excluding carboxylic acids is 3. The van der Waals surface area contributed by atoms with Crippen LogP contribution in [0.2, 0.25) is 5.02 Å². The van der Waals surface area contributed by atoms with E-state index in [9.17, 15) is 14.4 Å². The Balaban J connectivity index is 1.59. The van der Waals surface area contributed by atoms with Gasteiger partial charge in [0.05, 0.1) is 11.2 Å². The van der Waals surface area contributed by atoms with Gasteiger partial charge in [0.2, 0.25) is 0 Å². The average Bonchev–Trinajstić information content (AvgIpc) is 3.21. The Kier molecular flexibility index (Phi) is 5.25. The van der Waals surface area contributed by atoms with E-state index in [1.54, 1.807) is 36.4 Å². The summed E-state index contributed by atoms with van der Waals surface area (Å²) in [7, 11) is 0. The molecule has 1 aromatic heterocycles. The fraction of sp³-hybridized carbons (Fsp3) is 0.118. The molecule has 1 aliphatic heterocycles. The molecule has 8 heteroatoms. The number of nitrogens with zero attached hydrogens (tertiary/aromatic N) is 1. The lowest BCUT2D eigenvalue weighted by Gasteiger charge is -2.12. The second-order valence-corrected chi connectivity index (χ2v) is 6.55. The summed E-state index contributed by atoms with van der Waals surface area (Å²) in [4.78, 5) is 37.6. The summed E-state index contributed by atoms with van der Waals surface area (Å²) in [6.07, 6.45) is 3.04. The van der Waals surface area contributed by atoms with Crippen LogP contribution >= 0.6 is 23.4 Å². The molecule has 0 bridgehead atoms. The summed E-state index contributed by atoms with van der Waals surface area (Å²) in [6.45, 7) is 0.237. The highest BCUT2D eigenvalue weighted by molar-refractivity contribution is 8.18. The summed E-state index contributed by atoms with van der Waals surface area (Å²) in [6, 6.07) is 10.1. The van der Waals surface area contributed by atoms with E-state index >= 15 is 0 Å². The van der Waals surface area contributed by atoms with Crippen LogP contribution in [0.25, 0.3) is 6.08 Å². The quantitative estimate of drug-likeness (QED) is 0.809. The molecule has 1 saturated heterocycles. The predicted molar refractivity (Wildman–Crippen MR) is 95.2 cm³/mol. The van der Waals surface area contributed by atoms with Gasteiger partial charge >= 0.3 is 0 Å². The van der Waals surface area contributed by atoms with E-state index in [2.05, 4.69) is 5.32 Å². The highest BCUT2D eigenvalue weighted by Crippen LogP contribution is 2.32. The van der Waals surface area contributed by atoms with E-state index in [0.29, 0.717) is 9.93 Å². The second kappa shape index (κ2) is 7.58. The summed E-state index contributed by atoms with van der Waals surface area (Å²) in [5.74, 6) is -0.595. The van der Waals surface area contributed by atoms with Crippen LogP contribution in [-0.4, -0.2) is 35.0 Å². The van der Waals surface area contributed by atoms with E-state index < -0.39 is 5.91 Å². The third-order valence-electron chi connectivity index (χ3n) is 3.41. The molecule has 2 heterocycles. The van der Waals surface area contributed by atoms with Gasteiger partial charge in [-0.05, 0) is 47.7 Å². The van der Waals surface area contributed by atoms with E-state index in [0.717, 1.165) is 22.2 Å². The minimum absolute atomic E-state index is 0.0923. The molecule has 3 rings (SSSR count). The maximum atomic E-state index is 12.4. The van der Waals surface area contributed by atoms with Gasteiger partial charge < -0.3 is 9.73 Å². The van der Waals surface area contributed by atoms with E-state index in [-0.39, 0.29) is 30.0 Å². The van der Waals surface area contributed by atoms with Gasteiger partial charge in [-0.15, -0.1) is 0 Å². The topological polar surface area (TPSA) is 79.6 Å². The fourth-order valence-electron chi connectivity index (χ4n) is 2.18. The van der Waals surface area contributed by atoms with Crippen molar-refractivity contribution in [3.05, 3.63) is 63.9 Å². The zero-order chi connectivity index (χ0) is 17.8. The first-order chi connectivity index (χ1) is 12.0. The van der Waals surface area contributed by atoms with Gasteiger partial charge in [-0.25, -0.2) is 0 Å². The van der Waals surface area contributed by atoms with Crippen LogP contribution in [-0.2, 0) is 4.79 Å². The average molecular weight is 377 g/mol. The molecule has 2 aromatic rings. The molecule has 0 saturated carbocycles. The van der Waals surface area contributed by atoms with Crippen molar-refractivity contribution in [1.29, 1.82) is 0 Å². The number of hydrogen-bond donors (Lipinski definition) is 1. The smallest absolute Gasteiger partial charge is 0.293 e. The normalized spacial score (nSPS) is 15.9. The van der Waals surface area contributed by atoms with E-state index in [4.69, 9.17) is 16.0 Å². The Bertz CT molecular complexity index is 831. The Morgan fingerprint density at radius 1 is 1.24 bits per heavy atom. The lowest BCUT2D eigenvalue weighted by Crippen LogP contribution is -2.37. The number of imide groups is 1. The third-order valence-corrected chi connectivity index (χ3v) is 4.57. The molecule has 3 amide bonds. The van der Waals surface area contributed by atoms with E-state index in [1.165, 1.54) is 12.3 Å².